The molecule has 4 N–H and O–H groups in total. The van der Waals surface area contributed by atoms with Gasteiger partial charge in [-0.15, -0.1) is 0 Å². The number of anilines is 1. The average Bonchev–Trinajstić information content (AvgIpc) is 2.85. The van der Waals surface area contributed by atoms with Crippen molar-refractivity contribution in [1.82, 2.24) is 10.2 Å². The summed E-state index contributed by atoms with van der Waals surface area (Å²) in [5.74, 6) is -1.81. The van der Waals surface area contributed by atoms with Crippen LogP contribution in [0.4, 0.5) is 10.5 Å². The molecule has 5 amide bonds. The standard InChI is InChI=1S/C19H16Cl2N4O4/c1-19(13-7-4-11(20)8-14(13)21)17(28)25(18(29)24-19)9-15(26)23-12-5-2-10(3-6-12)16(22)27/h2-8H,9H2,1H3,(H2,22,27)(H,23,26)(H,24,29)/t19-/m1/s1. The topological polar surface area (TPSA) is 122 Å². The van der Waals surface area contributed by atoms with E-state index >= 15 is 0 Å². The van der Waals surface area contributed by atoms with E-state index in [0.29, 0.717) is 16.3 Å². The molecule has 0 aromatic heterocycles. The van der Waals surface area contributed by atoms with Crippen molar-refractivity contribution in [3.63, 3.8) is 0 Å². The van der Waals surface area contributed by atoms with Crippen molar-refractivity contribution in [2.75, 3.05) is 11.9 Å². The highest BCUT2D eigenvalue weighted by Gasteiger charge is 2.50. The zero-order chi connectivity index (χ0) is 21.3. The molecule has 0 aliphatic carbocycles. The quantitative estimate of drug-likeness (QED) is 0.625. The fraction of sp³-hybridized carbons (Fsp3) is 0.158. The second-order valence-electron chi connectivity index (χ2n) is 6.56. The molecule has 0 spiro atoms. The lowest BCUT2D eigenvalue weighted by Gasteiger charge is -2.23. The Bertz CT molecular complexity index is 1030. The van der Waals surface area contributed by atoms with Gasteiger partial charge in [0.15, 0.2) is 0 Å². The van der Waals surface area contributed by atoms with Gasteiger partial charge in [-0.05, 0) is 43.3 Å². The number of imide groups is 1. The third-order valence-electron chi connectivity index (χ3n) is 4.50. The maximum Gasteiger partial charge on any atom is 0.325 e. The fourth-order valence-corrected chi connectivity index (χ4v) is 3.58. The molecule has 0 unspecified atom stereocenters. The molecule has 1 heterocycles. The number of primary amides is 1. The Balaban J connectivity index is 1.74. The Morgan fingerprint density at radius 1 is 1.14 bits per heavy atom. The second-order valence-corrected chi connectivity index (χ2v) is 7.40. The summed E-state index contributed by atoms with van der Waals surface area (Å²) in [7, 11) is 0. The van der Waals surface area contributed by atoms with E-state index in [4.69, 9.17) is 28.9 Å². The van der Waals surface area contributed by atoms with Crippen molar-refractivity contribution in [2.24, 2.45) is 5.73 Å². The van der Waals surface area contributed by atoms with Gasteiger partial charge in [-0.1, -0.05) is 29.3 Å². The number of nitrogens with zero attached hydrogens (tertiary/aromatic N) is 1. The minimum atomic E-state index is -1.43. The van der Waals surface area contributed by atoms with Crippen LogP contribution in [0.15, 0.2) is 42.5 Å². The van der Waals surface area contributed by atoms with Crippen molar-refractivity contribution in [1.29, 1.82) is 0 Å². The summed E-state index contributed by atoms with van der Waals surface area (Å²) in [5.41, 5.74) is 4.77. The Kier molecular flexibility index (Phi) is 5.50. The fourth-order valence-electron chi connectivity index (χ4n) is 2.98. The van der Waals surface area contributed by atoms with Gasteiger partial charge in [-0.25, -0.2) is 4.79 Å². The van der Waals surface area contributed by atoms with Crippen molar-refractivity contribution in [3.05, 3.63) is 63.6 Å². The maximum absolute atomic E-state index is 12.9. The first-order valence-electron chi connectivity index (χ1n) is 8.41. The van der Waals surface area contributed by atoms with Gasteiger partial charge < -0.3 is 16.4 Å². The van der Waals surface area contributed by atoms with E-state index in [1.54, 1.807) is 12.1 Å². The highest BCUT2D eigenvalue weighted by Crippen LogP contribution is 2.34. The zero-order valence-corrected chi connectivity index (χ0v) is 16.7. The molecule has 8 nitrogen and oxygen atoms in total. The lowest BCUT2D eigenvalue weighted by atomic mass is 9.92. The van der Waals surface area contributed by atoms with Crippen LogP contribution in [0.3, 0.4) is 0 Å². The molecule has 0 bridgehead atoms. The van der Waals surface area contributed by atoms with E-state index < -0.39 is 35.8 Å². The maximum atomic E-state index is 12.9. The molecule has 0 radical (unpaired) electrons. The third kappa shape index (κ3) is 4.03. The number of carbonyl (C=O) groups is 4. The smallest absolute Gasteiger partial charge is 0.325 e. The van der Waals surface area contributed by atoms with Crippen LogP contribution in [0.1, 0.15) is 22.8 Å². The molecule has 150 valence electrons. The SMILES string of the molecule is C[C@]1(c2ccc(Cl)cc2Cl)NC(=O)N(CC(=O)Nc2ccc(C(N)=O)cc2)C1=O. The summed E-state index contributed by atoms with van der Waals surface area (Å²) in [6, 6.07) is 9.72. The predicted octanol–water partition coefficient (Wildman–Crippen LogP) is 2.50. The summed E-state index contributed by atoms with van der Waals surface area (Å²) in [4.78, 5) is 49.5. The molecule has 2 aromatic carbocycles. The molecule has 1 aliphatic heterocycles. The van der Waals surface area contributed by atoms with E-state index in [1.807, 2.05) is 0 Å². The monoisotopic (exact) mass is 434 g/mol. The first-order chi connectivity index (χ1) is 13.6. The number of rotatable bonds is 5. The first kappa shape index (κ1) is 20.6. The molecule has 1 fully saturated rings. The van der Waals surface area contributed by atoms with Gasteiger partial charge in [-0.3, -0.25) is 19.3 Å². The number of hydrogen-bond acceptors (Lipinski definition) is 4. The van der Waals surface area contributed by atoms with Gasteiger partial charge in [0.2, 0.25) is 11.8 Å². The van der Waals surface area contributed by atoms with E-state index in [1.165, 1.54) is 37.3 Å². The Labute approximate surface area is 175 Å². The zero-order valence-electron chi connectivity index (χ0n) is 15.2. The third-order valence-corrected chi connectivity index (χ3v) is 5.05. The predicted molar refractivity (Wildman–Crippen MR) is 108 cm³/mol. The van der Waals surface area contributed by atoms with Crippen LogP contribution in [0.2, 0.25) is 10.0 Å². The molecule has 0 saturated carbocycles. The van der Waals surface area contributed by atoms with Gasteiger partial charge in [0.05, 0.1) is 0 Å². The van der Waals surface area contributed by atoms with Crippen LogP contribution in [0.25, 0.3) is 0 Å². The molecule has 3 rings (SSSR count). The van der Waals surface area contributed by atoms with Crippen LogP contribution < -0.4 is 16.4 Å². The van der Waals surface area contributed by atoms with Crippen LogP contribution in [-0.2, 0) is 15.1 Å². The van der Waals surface area contributed by atoms with E-state index in [-0.39, 0.29) is 10.6 Å². The van der Waals surface area contributed by atoms with Crippen molar-refractivity contribution < 1.29 is 19.2 Å². The molecule has 1 atom stereocenters. The molecule has 2 aromatic rings. The van der Waals surface area contributed by atoms with Gasteiger partial charge >= 0.3 is 6.03 Å². The largest absolute Gasteiger partial charge is 0.366 e. The van der Waals surface area contributed by atoms with Crippen LogP contribution >= 0.6 is 23.2 Å². The molecule has 1 aliphatic rings. The highest BCUT2D eigenvalue weighted by molar-refractivity contribution is 6.35. The molecule has 29 heavy (non-hydrogen) atoms. The number of nitrogens with two attached hydrogens (primary N) is 1. The van der Waals surface area contributed by atoms with Crippen molar-refractivity contribution in [3.8, 4) is 0 Å². The Morgan fingerprint density at radius 3 is 2.38 bits per heavy atom. The van der Waals surface area contributed by atoms with Gasteiger partial charge in [0.25, 0.3) is 5.91 Å². The summed E-state index contributed by atoms with van der Waals surface area (Å²) in [6.45, 7) is 1.01. The molecular weight excluding hydrogens is 419 g/mol. The van der Waals surface area contributed by atoms with Gasteiger partial charge in [0, 0.05) is 26.9 Å². The number of nitrogens with one attached hydrogen (secondary N) is 2. The summed E-state index contributed by atoms with van der Waals surface area (Å²) in [6.07, 6.45) is 0. The second kappa shape index (κ2) is 7.73. The lowest BCUT2D eigenvalue weighted by Crippen LogP contribution is -2.42. The number of urea groups is 1. The lowest BCUT2D eigenvalue weighted by molar-refractivity contribution is -0.133. The van der Waals surface area contributed by atoms with E-state index in [0.717, 1.165) is 4.90 Å². The molecule has 1 saturated heterocycles. The summed E-state index contributed by atoms with van der Waals surface area (Å²) >= 11 is 12.1. The van der Waals surface area contributed by atoms with E-state index in [2.05, 4.69) is 10.6 Å². The number of benzene rings is 2. The number of hydrogen-bond donors (Lipinski definition) is 3. The molecular formula is C19H16Cl2N4O4. The molecule has 10 heteroatoms. The van der Waals surface area contributed by atoms with E-state index in [9.17, 15) is 19.2 Å². The van der Waals surface area contributed by atoms with Gasteiger partial charge in [0.1, 0.15) is 12.1 Å². The first-order valence-corrected chi connectivity index (χ1v) is 9.17. The number of carbonyl (C=O) groups excluding carboxylic acids is 4. The summed E-state index contributed by atoms with van der Waals surface area (Å²) < 4.78 is 0. The Morgan fingerprint density at radius 2 is 1.79 bits per heavy atom. The highest BCUT2D eigenvalue weighted by atomic mass is 35.5. The van der Waals surface area contributed by atoms with Crippen molar-refractivity contribution in [2.45, 2.75) is 12.5 Å². The van der Waals surface area contributed by atoms with Crippen LogP contribution in [-0.4, -0.2) is 35.2 Å². The minimum Gasteiger partial charge on any atom is -0.366 e. The van der Waals surface area contributed by atoms with Crippen molar-refractivity contribution >= 4 is 52.6 Å². The van der Waals surface area contributed by atoms with Gasteiger partial charge in [-0.2, -0.15) is 0 Å². The number of amides is 5. The summed E-state index contributed by atoms with van der Waals surface area (Å²) in [5, 5.41) is 5.73. The van der Waals surface area contributed by atoms with Crippen LogP contribution in [0.5, 0.6) is 0 Å². The number of halogens is 2. The van der Waals surface area contributed by atoms with Crippen LogP contribution in [0, 0.1) is 0 Å². The average molecular weight is 435 g/mol. The normalized spacial score (nSPS) is 18.5. The minimum absolute atomic E-state index is 0.217. The Hall–Kier alpha value is -3.10.